The lowest BCUT2D eigenvalue weighted by molar-refractivity contribution is -0.143. The van der Waals surface area contributed by atoms with Crippen LogP contribution in [0.15, 0.2) is 36.4 Å². The van der Waals surface area contributed by atoms with E-state index in [1.807, 2.05) is 6.07 Å². The summed E-state index contributed by atoms with van der Waals surface area (Å²) in [7, 11) is 0. The Morgan fingerprint density at radius 1 is 1.33 bits per heavy atom. The minimum atomic E-state index is -0.707. The first kappa shape index (κ1) is 17.1. The van der Waals surface area contributed by atoms with Gasteiger partial charge in [-0.3, -0.25) is 9.69 Å². The van der Waals surface area contributed by atoms with Crippen LogP contribution in [0.25, 0.3) is 0 Å². The number of hydrogen-bond donors (Lipinski definition) is 1. The van der Waals surface area contributed by atoms with Gasteiger partial charge in [0.1, 0.15) is 5.82 Å². The molecule has 1 N–H and O–H groups in total. The van der Waals surface area contributed by atoms with Gasteiger partial charge in [-0.25, -0.2) is 4.39 Å². The van der Waals surface area contributed by atoms with Crippen LogP contribution in [-0.4, -0.2) is 29.1 Å². The average Bonchev–Trinajstić information content (AvgIpc) is 3.04. The van der Waals surface area contributed by atoms with Crippen molar-refractivity contribution in [3.05, 3.63) is 57.5 Å². The van der Waals surface area contributed by atoms with Gasteiger partial charge in [-0.2, -0.15) is 0 Å². The number of aliphatic carboxylic acids is 1. The second-order valence-electron chi connectivity index (χ2n) is 6.26. The Kier molecular flexibility index (Phi) is 5.31. The molecule has 0 spiro atoms. The number of carbonyl (C=O) groups is 1. The number of nitrogens with zero attached hydrogens (tertiary/aromatic N) is 1. The first-order valence-corrected chi connectivity index (χ1v) is 9.21. The lowest BCUT2D eigenvalue weighted by Crippen LogP contribution is -2.39. The predicted octanol–water partition coefficient (Wildman–Crippen LogP) is 4.34. The molecule has 1 fully saturated rings. The van der Waals surface area contributed by atoms with E-state index >= 15 is 0 Å². The maximum atomic E-state index is 13.8. The van der Waals surface area contributed by atoms with Crippen LogP contribution < -0.4 is 0 Å². The number of carboxylic acids is 1. The van der Waals surface area contributed by atoms with E-state index in [4.69, 9.17) is 0 Å². The Hall–Kier alpha value is -1.72. The fourth-order valence-corrected chi connectivity index (χ4v) is 4.48. The summed E-state index contributed by atoms with van der Waals surface area (Å²) in [5.74, 6) is -1.20. The van der Waals surface area contributed by atoms with Gasteiger partial charge in [-0.15, -0.1) is 11.3 Å². The zero-order valence-corrected chi connectivity index (χ0v) is 14.6. The number of thiophene rings is 1. The van der Waals surface area contributed by atoms with Crippen molar-refractivity contribution in [2.24, 2.45) is 5.92 Å². The van der Waals surface area contributed by atoms with Crippen molar-refractivity contribution in [3.63, 3.8) is 0 Å². The van der Waals surface area contributed by atoms with Gasteiger partial charge in [-0.05, 0) is 62.2 Å². The molecule has 1 saturated heterocycles. The van der Waals surface area contributed by atoms with E-state index < -0.39 is 5.97 Å². The number of rotatable bonds is 5. The van der Waals surface area contributed by atoms with Crippen LogP contribution in [0.1, 0.15) is 41.1 Å². The van der Waals surface area contributed by atoms with Crippen molar-refractivity contribution >= 4 is 17.3 Å². The molecule has 5 heteroatoms. The maximum Gasteiger partial charge on any atom is 0.306 e. The molecule has 128 valence electrons. The van der Waals surface area contributed by atoms with Gasteiger partial charge in [0, 0.05) is 9.75 Å². The Morgan fingerprint density at radius 3 is 2.67 bits per heavy atom. The topological polar surface area (TPSA) is 40.5 Å². The molecule has 1 aliphatic heterocycles. The van der Waals surface area contributed by atoms with Crippen LogP contribution >= 0.6 is 11.3 Å². The molecule has 1 unspecified atom stereocenters. The normalized spacial score (nSPS) is 17.8. The highest BCUT2D eigenvalue weighted by Gasteiger charge is 2.31. The molecular weight excluding hydrogens is 325 g/mol. The second kappa shape index (κ2) is 7.45. The van der Waals surface area contributed by atoms with Gasteiger partial charge >= 0.3 is 5.97 Å². The number of likely N-dealkylation sites (tertiary alicyclic amines) is 1. The highest BCUT2D eigenvalue weighted by molar-refractivity contribution is 7.12. The molecule has 3 nitrogen and oxygen atoms in total. The van der Waals surface area contributed by atoms with E-state index in [1.54, 1.807) is 23.5 Å². The quantitative estimate of drug-likeness (QED) is 0.875. The van der Waals surface area contributed by atoms with Crippen LogP contribution in [-0.2, 0) is 11.2 Å². The Balaban J connectivity index is 1.89. The summed E-state index contributed by atoms with van der Waals surface area (Å²) in [4.78, 5) is 16.0. The maximum absolute atomic E-state index is 13.8. The molecular formula is C19H22FNO2S. The number of piperidine rings is 1. The van der Waals surface area contributed by atoms with Crippen LogP contribution in [0.2, 0.25) is 0 Å². The standard InChI is InChI=1S/C19H22FNO2S/c1-2-16-6-7-17(24-16)18(14-4-3-5-15(20)12-14)21-10-8-13(9-11-21)19(22)23/h3-7,12-13,18H,2,8-11H2,1H3,(H,22,23). The lowest BCUT2D eigenvalue weighted by atomic mass is 9.94. The molecule has 0 saturated carbocycles. The highest BCUT2D eigenvalue weighted by Crippen LogP contribution is 2.36. The first-order valence-electron chi connectivity index (χ1n) is 8.39. The van der Waals surface area contributed by atoms with Gasteiger partial charge in [-0.1, -0.05) is 19.1 Å². The molecule has 2 heterocycles. The van der Waals surface area contributed by atoms with E-state index in [0.29, 0.717) is 12.8 Å². The van der Waals surface area contributed by atoms with Gasteiger partial charge in [0.15, 0.2) is 0 Å². The van der Waals surface area contributed by atoms with Crippen molar-refractivity contribution < 1.29 is 14.3 Å². The highest BCUT2D eigenvalue weighted by atomic mass is 32.1. The molecule has 3 rings (SSSR count). The van der Waals surface area contributed by atoms with E-state index in [1.165, 1.54) is 15.8 Å². The smallest absolute Gasteiger partial charge is 0.306 e. The fraction of sp³-hybridized carbons (Fsp3) is 0.421. The van der Waals surface area contributed by atoms with Gasteiger partial charge in [0.05, 0.1) is 12.0 Å². The Labute approximate surface area is 145 Å². The van der Waals surface area contributed by atoms with Crippen LogP contribution in [0.3, 0.4) is 0 Å². The van der Waals surface area contributed by atoms with Crippen molar-refractivity contribution in [2.75, 3.05) is 13.1 Å². The second-order valence-corrected chi connectivity index (χ2v) is 7.46. The van der Waals surface area contributed by atoms with Gasteiger partial charge < -0.3 is 5.11 Å². The van der Waals surface area contributed by atoms with Crippen LogP contribution in [0.5, 0.6) is 0 Å². The summed E-state index contributed by atoms with van der Waals surface area (Å²) < 4.78 is 13.8. The summed E-state index contributed by atoms with van der Waals surface area (Å²) in [5, 5.41) is 9.20. The summed E-state index contributed by atoms with van der Waals surface area (Å²) in [5.41, 5.74) is 0.938. The summed E-state index contributed by atoms with van der Waals surface area (Å²) >= 11 is 1.76. The summed E-state index contributed by atoms with van der Waals surface area (Å²) in [6.45, 7) is 3.57. The zero-order chi connectivity index (χ0) is 17.1. The monoisotopic (exact) mass is 347 g/mol. The SMILES string of the molecule is CCc1ccc(C(c2cccc(F)c2)N2CCC(C(=O)O)CC2)s1. The summed E-state index contributed by atoms with van der Waals surface area (Å²) in [6, 6.07) is 11.0. The third-order valence-electron chi connectivity index (χ3n) is 4.71. The average molecular weight is 347 g/mol. The van der Waals surface area contributed by atoms with Crippen LogP contribution in [0, 0.1) is 11.7 Å². The number of benzene rings is 1. The largest absolute Gasteiger partial charge is 0.481 e. The molecule has 1 atom stereocenters. The van der Waals surface area contributed by atoms with Crippen LogP contribution in [0.4, 0.5) is 4.39 Å². The molecule has 0 radical (unpaired) electrons. The lowest BCUT2D eigenvalue weighted by Gasteiger charge is -2.36. The Bertz CT molecular complexity index is 707. The molecule has 0 amide bonds. The molecule has 1 aliphatic rings. The number of hydrogen-bond acceptors (Lipinski definition) is 3. The molecule has 0 bridgehead atoms. The van der Waals surface area contributed by atoms with Crippen molar-refractivity contribution in [1.82, 2.24) is 4.90 Å². The number of carboxylic acid groups (broad SMARTS) is 1. The minimum absolute atomic E-state index is 0.000690. The number of aryl methyl sites for hydroxylation is 1. The number of halogens is 1. The third-order valence-corrected chi connectivity index (χ3v) is 5.99. The van der Waals surface area contributed by atoms with Crippen molar-refractivity contribution in [1.29, 1.82) is 0 Å². The van der Waals surface area contributed by atoms with E-state index in [-0.39, 0.29) is 17.8 Å². The molecule has 24 heavy (non-hydrogen) atoms. The molecule has 1 aromatic carbocycles. The van der Waals surface area contributed by atoms with E-state index in [0.717, 1.165) is 25.1 Å². The summed E-state index contributed by atoms with van der Waals surface area (Å²) in [6.07, 6.45) is 2.28. The Morgan fingerprint density at radius 2 is 2.08 bits per heavy atom. The fourth-order valence-electron chi connectivity index (χ4n) is 3.37. The minimum Gasteiger partial charge on any atom is -0.481 e. The van der Waals surface area contributed by atoms with E-state index in [9.17, 15) is 14.3 Å². The van der Waals surface area contributed by atoms with Crippen molar-refractivity contribution in [3.8, 4) is 0 Å². The van der Waals surface area contributed by atoms with Gasteiger partial charge in [0.2, 0.25) is 0 Å². The van der Waals surface area contributed by atoms with Gasteiger partial charge in [0.25, 0.3) is 0 Å². The molecule has 2 aromatic rings. The first-order chi connectivity index (χ1) is 11.6. The zero-order valence-electron chi connectivity index (χ0n) is 13.7. The molecule has 0 aliphatic carbocycles. The predicted molar refractivity (Wildman–Crippen MR) is 93.9 cm³/mol. The third kappa shape index (κ3) is 3.68. The van der Waals surface area contributed by atoms with E-state index in [2.05, 4.69) is 24.0 Å². The molecule has 1 aromatic heterocycles. The van der Waals surface area contributed by atoms with Crippen molar-refractivity contribution in [2.45, 2.75) is 32.2 Å².